The van der Waals surface area contributed by atoms with E-state index in [0.717, 1.165) is 64.3 Å². The molecule has 0 bridgehead atoms. The fraction of sp³-hybridized carbons (Fsp3) is 0.682. The second-order valence-corrected chi connectivity index (χ2v) is 7.88. The van der Waals surface area contributed by atoms with E-state index in [2.05, 4.69) is 29.3 Å². The first-order chi connectivity index (χ1) is 13.7. The van der Waals surface area contributed by atoms with Gasteiger partial charge in [-0.3, -0.25) is 4.90 Å². The molecule has 2 amide bonds. The van der Waals surface area contributed by atoms with Crippen LogP contribution in [0.5, 0.6) is 0 Å². The zero-order valence-corrected chi connectivity index (χ0v) is 17.4. The summed E-state index contributed by atoms with van der Waals surface area (Å²) >= 11 is 0. The van der Waals surface area contributed by atoms with Gasteiger partial charge in [-0.15, -0.1) is 0 Å². The second-order valence-electron chi connectivity index (χ2n) is 7.88. The molecule has 0 atom stereocenters. The summed E-state index contributed by atoms with van der Waals surface area (Å²) in [6.07, 6.45) is 3.21. The first kappa shape index (κ1) is 21.1. The molecule has 0 unspecified atom stereocenters. The minimum Gasteiger partial charge on any atom is -0.379 e. The highest BCUT2D eigenvalue weighted by molar-refractivity contribution is 5.74. The van der Waals surface area contributed by atoms with Crippen LogP contribution < -0.4 is 5.32 Å². The van der Waals surface area contributed by atoms with Crippen molar-refractivity contribution in [2.45, 2.75) is 51.3 Å². The summed E-state index contributed by atoms with van der Waals surface area (Å²) in [7, 11) is 0. The van der Waals surface area contributed by atoms with Crippen molar-refractivity contribution in [3.8, 4) is 0 Å². The van der Waals surface area contributed by atoms with Crippen molar-refractivity contribution < 1.29 is 14.3 Å². The van der Waals surface area contributed by atoms with E-state index in [0.29, 0.717) is 19.2 Å². The highest BCUT2D eigenvalue weighted by Crippen LogP contribution is 2.40. The Balaban J connectivity index is 1.59. The molecule has 156 valence electrons. The number of ether oxygens (including phenoxy) is 2. The van der Waals surface area contributed by atoms with E-state index in [9.17, 15) is 4.79 Å². The number of carbonyl (C=O) groups is 1. The summed E-state index contributed by atoms with van der Waals surface area (Å²) in [6.45, 7) is 10.4. The van der Waals surface area contributed by atoms with Gasteiger partial charge < -0.3 is 19.7 Å². The monoisotopic (exact) mass is 389 g/mol. The van der Waals surface area contributed by atoms with Gasteiger partial charge in [-0.2, -0.15) is 0 Å². The number of carbonyl (C=O) groups excluding carboxylic acids is 1. The fourth-order valence-electron chi connectivity index (χ4n) is 4.37. The summed E-state index contributed by atoms with van der Waals surface area (Å²) in [6, 6.07) is 10.2. The van der Waals surface area contributed by atoms with Gasteiger partial charge in [-0.25, -0.2) is 4.79 Å². The zero-order valence-electron chi connectivity index (χ0n) is 17.4. The predicted molar refractivity (Wildman–Crippen MR) is 110 cm³/mol. The van der Waals surface area contributed by atoms with Crippen LogP contribution in [-0.2, 0) is 16.0 Å². The largest absolute Gasteiger partial charge is 0.379 e. The van der Waals surface area contributed by atoms with Gasteiger partial charge in [0.1, 0.15) is 0 Å². The zero-order chi connectivity index (χ0) is 19.8. The molecule has 1 N–H and O–H groups in total. The van der Waals surface area contributed by atoms with E-state index in [1.807, 2.05) is 30.0 Å². The van der Waals surface area contributed by atoms with Gasteiger partial charge in [0.2, 0.25) is 0 Å². The molecule has 1 aliphatic heterocycles. The molecule has 1 heterocycles. The fourth-order valence-corrected chi connectivity index (χ4v) is 4.37. The van der Waals surface area contributed by atoms with Gasteiger partial charge in [0.15, 0.2) is 0 Å². The van der Waals surface area contributed by atoms with E-state index in [1.54, 1.807) is 0 Å². The van der Waals surface area contributed by atoms with Crippen molar-refractivity contribution in [1.82, 2.24) is 15.1 Å². The molecule has 1 aliphatic carbocycles. The minimum absolute atomic E-state index is 0.00388. The van der Waals surface area contributed by atoms with Crippen LogP contribution in [0.15, 0.2) is 30.3 Å². The van der Waals surface area contributed by atoms with Crippen molar-refractivity contribution in [3.63, 3.8) is 0 Å². The molecule has 1 saturated carbocycles. The van der Waals surface area contributed by atoms with Crippen molar-refractivity contribution in [3.05, 3.63) is 35.9 Å². The summed E-state index contributed by atoms with van der Waals surface area (Å²) in [5, 5.41) is 3.24. The maximum absolute atomic E-state index is 13.0. The molecule has 6 heteroatoms. The smallest absolute Gasteiger partial charge is 0.317 e. The minimum atomic E-state index is 0.00388. The Morgan fingerprint density at radius 1 is 1.25 bits per heavy atom. The SMILES string of the molecule is CCCN(Cc1ccccc1)C(=O)NCC1(N2CCOCC2)CC(OCC)C1. The normalized spacial score (nSPS) is 25.1. The van der Waals surface area contributed by atoms with Gasteiger partial charge in [-0.1, -0.05) is 37.3 Å². The summed E-state index contributed by atoms with van der Waals surface area (Å²) in [4.78, 5) is 17.4. The standard InChI is InChI=1S/C22H35N3O3/c1-3-10-24(17-19-8-6-5-7-9-19)21(26)23-18-22(15-20(16-22)28-4-2)25-11-13-27-14-12-25/h5-9,20H,3-4,10-18H2,1-2H3,(H,23,26). The lowest BCUT2D eigenvalue weighted by atomic mass is 9.72. The summed E-state index contributed by atoms with van der Waals surface area (Å²) in [5.41, 5.74) is 1.17. The maximum atomic E-state index is 13.0. The molecule has 0 aromatic heterocycles. The second kappa shape index (κ2) is 10.2. The lowest BCUT2D eigenvalue weighted by Gasteiger charge is -2.55. The number of hydrogen-bond acceptors (Lipinski definition) is 4. The Kier molecular flexibility index (Phi) is 7.71. The van der Waals surface area contributed by atoms with Crippen LogP contribution in [0.1, 0.15) is 38.7 Å². The lowest BCUT2D eigenvalue weighted by Crippen LogP contribution is -2.67. The molecule has 28 heavy (non-hydrogen) atoms. The van der Waals surface area contributed by atoms with E-state index in [4.69, 9.17) is 9.47 Å². The number of morpholine rings is 1. The number of nitrogens with zero attached hydrogens (tertiary/aromatic N) is 2. The van der Waals surface area contributed by atoms with E-state index in [1.165, 1.54) is 0 Å². The third-order valence-electron chi connectivity index (χ3n) is 5.87. The third kappa shape index (κ3) is 5.25. The van der Waals surface area contributed by atoms with E-state index >= 15 is 0 Å². The molecule has 0 spiro atoms. The Morgan fingerprint density at radius 2 is 1.96 bits per heavy atom. The predicted octanol–water partition coefficient (Wildman–Crippen LogP) is 2.88. The number of benzene rings is 1. The molecular formula is C22H35N3O3. The van der Waals surface area contributed by atoms with Crippen LogP contribution >= 0.6 is 0 Å². The van der Waals surface area contributed by atoms with E-state index < -0.39 is 0 Å². The topological polar surface area (TPSA) is 54.0 Å². The number of rotatable bonds is 9. The highest BCUT2D eigenvalue weighted by Gasteiger charge is 2.49. The molecular weight excluding hydrogens is 354 g/mol. The van der Waals surface area contributed by atoms with Crippen molar-refractivity contribution in [2.24, 2.45) is 0 Å². The average molecular weight is 390 g/mol. The quantitative estimate of drug-likeness (QED) is 0.706. The van der Waals surface area contributed by atoms with Crippen LogP contribution in [0.25, 0.3) is 0 Å². The van der Waals surface area contributed by atoms with Crippen LogP contribution in [0.3, 0.4) is 0 Å². The van der Waals surface area contributed by atoms with Crippen molar-refractivity contribution >= 4 is 6.03 Å². The van der Waals surface area contributed by atoms with Crippen LogP contribution in [-0.4, -0.2) is 73.5 Å². The van der Waals surface area contributed by atoms with Crippen molar-refractivity contribution in [1.29, 1.82) is 0 Å². The number of amides is 2. The number of urea groups is 1. The van der Waals surface area contributed by atoms with Crippen LogP contribution in [0, 0.1) is 0 Å². The van der Waals surface area contributed by atoms with Gasteiger partial charge in [-0.05, 0) is 31.7 Å². The summed E-state index contributed by atoms with van der Waals surface area (Å²) < 4.78 is 11.3. The molecule has 0 radical (unpaired) electrons. The van der Waals surface area contributed by atoms with E-state index in [-0.39, 0.29) is 11.6 Å². The number of hydrogen-bond donors (Lipinski definition) is 1. The Labute approximate surface area is 169 Å². The molecule has 1 aromatic rings. The molecule has 2 fully saturated rings. The van der Waals surface area contributed by atoms with Crippen molar-refractivity contribution in [2.75, 3.05) is 46.0 Å². The number of nitrogens with one attached hydrogen (secondary N) is 1. The molecule has 1 aromatic carbocycles. The summed E-state index contributed by atoms with van der Waals surface area (Å²) in [5.74, 6) is 0. The Bertz CT molecular complexity index is 598. The van der Waals surface area contributed by atoms with Gasteiger partial charge >= 0.3 is 6.03 Å². The highest BCUT2D eigenvalue weighted by atomic mass is 16.5. The third-order valence-corrected chi connectivity index (χ3v) is 5.87. The molecule has 2 aliphatic rings. The Morgan fingerprint density at radius 3 is 2.61 bits per heavy atom. The average Bonchev–Trinajstić information content (AvgIpc) is 2.70. The molecule has 1 saturated heterocycles. The molecule has 6 nitrogen and oxygen atoms in total. The van der Waals surface area contributed by atoms with Crippen LogP contribution in [0.4, 0.5) is 4.79 Å². The van der Waals surface area contributed by atoms with Gasteiger partial charge in [0.25, 0.3) is 0 Å². The lowest BCUT2D eigenvalue weighted by molar-refractivity contribution is -0.124. The molecule has 3 rings (SSSR count). The maximum Gasteiger partial charge on any atom is 0.317 e. The van der Waals surface area contributed by atoms with Gasteiger partial charge in [0, 0.05) is 44.9 Å². The first-order valence-corrected chi connectivity index (χ1v) is 10.7. The Hall–Kier alpha value is -1.63. The van der Waals surface area contributed by atoms with Gasteiger partial charge in [0.05, 0.1) is 19.3 Å². The van der Waals surface area contributed by atoms with Crippen LogP contribution in [0.2, 0.25) is 0 Å². The first-order valence-electron chi connectivity index (χ1n) is 10.7.